The number of aliphatic carboxylic acids is 1. The van der Waals surface area contributed by atoms with Gasteiger partial charge in [0.1, 0.15) is 12.7 Å². The quantitative estimate of drug-likeness (QED) is 0.586. The Bertz CT molecular complexity index is 807. The maximum atomic E-state index is 11.5. The van der Waals surface area contributed by atoms with E-state index in [1.165, 1.54) is 33.2 Å². The van der Waals surface area contributed by atoms with Gasteiger partial charge in [-0.2, -0.15) is 0 Å². The first kappa shape index (κ1) is 24.7. The number of cyclic esters (lactones) is 2. The fourth-order valence-electron chi connectivity index (χ4n) is 2.78. The van der Waals surface area contributed by atoms with E-state index in [9.17, 15) is 29.4 Å². The molecule has 2 unspecified atom stereocenters. The van der Waals surface area contributed by atoms with Gasteiger partial charge in [-0.15, -0.1) is 0 Å². The maximum Gasteiger partial charge on any atom is 0.309 e. The molecule has 1 fully saturated rings. The second-order valence-electron chi connectivity index (χ2n) is 7.08. The number of primary amides is 1. The van der Waals surface area contributed by atoms with Crippen LogP contribution >= 0.6 is 0 Å². The number of nitrogens with zero attached hydrogens (tertiary/aromatic N) is 1. The van der Waals surface area contributed by atoms with Crippen LogP contribution in [0.4, 0.5) is 0 Å². The summed E-state index contributed by atoms with van der Waals surface area (Å²) in [6.45, 7) is 4.60. The van der Waals surface area contributed by atoms with Crippen molar-refractivity contribution in [3.8, 4) is 11.5 Å². The number of carbonyl (C=O) groups is 4. The van der Waals surface area contributed by atoms with Gasteiger partial charge in [0.2, 0.25) is 0 Å². The lowest BCUT2D eigenvalue weighted by molar-refractivity contribution is -0.163. The van der Waals surface area contributed by atoms with Gasteiger partial charge < -0.3 is 30.2 Å². The molecule has 1 aromatic heterocycles. The maximum absolute atomic E-state index is 11.5. The number of rotatable bonds is 4. The molecule has 2 heterocycles. The van der Waals surface area contributed by atoms with Crippen molar-refractivity contribution in [1.29, 1.82) is 0 Å². The van der Waals surface area contributed by atoms with Crippen LogP contribution in [0.5, 0.6) is 11.5 Å². The van der Waals surface area contributed by atoms with Crippen LogP contribution < -0.4 is 10.5 Å². The van der Waals surface area contributed by atoms with Crippen LogP contribution in [0, 0.1) is 11.3 Å². The van der Waals surface area contributed by atoms with Gasteiger partial charge >= 0.3 is 17.9 Å². The summed E-state index contributed by atoms with van der Waals surface area (Å²) in [6.07, 6.45) is 0.608. The summed E-state index contributed by atoms with van der Waals surface area (Å²) in [4.78, 5) is 48.4. The van der Waals surface area contributed by atoms with E-state index in [1.54, 1.807) is 6.92 Å². The molecule has 0 radical (unpaired) electrons. The molecule has 11 nitrogen and oxygen atoms in total. The fraction of sp³-hybridized carbons (Fsp3) is 0.526. The van der Waals surface area contributed by atoms with Gasteiger partial charge in [0.05, 0.1) is 25.4 Å². The summed E-state index contributed by atoms with van der Waals surface area (Å²) in [5.74, 6) is -3.58. The van der Waals surface area contributed by atoms with Crippen molar-refractivity contribution < 1.29 is 43.6 Å². The van der Waals surface area contributed by atoms with Gasteiger partial charge in [0.15, 0.2) is 17.2 Å². The molecule has 1 aliphatic heterocycles. The first-order chi connectivity index (χ1) is 13.9. The number of carbonyl (C=O) groups excluding carboxylic acids is 3. The van der Waals surface area contributed by atoms with Crippen LogP contribution in [0.2, 0.25) is 0 Å². The van der Waals surface area contributed by atoms with Crippen molar-refractivity contribution in [3.05, 3.63) is 18.0 Å². The zero-order valence-electron chi connectivity index (χ0n) is 17.2. The predicted molar refractivity (Wildman–Crippen MR) is 102 cm³/mol. The summed E-state index contributed by atoms with van der Waals surface area (Å²) >= 11 is 0. The lowest BCUT2D eigenvalue weighted by Crippen LogP contribution is -2.41. The topological polar surface area (TPSA) is 175 Å². The minimum absolute atomic E-state index is 0.00367. The Hall–Kier alpha value is -3.37. The number of carboxylic acids is 1. The number of ether oxygens (including phenoxy) is 3. The highest BCUT2D eigenvalue weighted by Crippen LogP contribution is 2.35. The Morgan fingerprint density at radius 1 is 1.30 bits per heavy atom. The lowest BCUT2D eigenvalue weighted by atomic mass is 9.74. The third kappa shape index (κ3) is 6.33. The summed E-state index contributed by atoms with van der Waals surface area (Å²) in [6, 6.07) is 1.43. The molecule has 1 aromatic rings. The van der Waals surface area contributed by atoms with Crippen LogP contribution in [0.15, 0.2) is 12.3 Å². The molecule has 2 atom stereocenters. The SMILES string of the molecule is CC1OC(=O)CCOC(=O)CC1C(C)(C)C(=O)O.COc1ccnc(C(N)=O)c1O. The van der Waals surface area contributed by atoms with Crippen LogP contribution in [0.25, 0.3) is 0 Å². The molecular formula is C19H26N2O9. The van der Waals surface area contributed by atoms with E-state index in [0.29, 0.717) is 0 Å². The van der Waals surface area contributed by atoms with Gasteiger partial charge in [-0.05, 0) is 20.8 Å². The number of aromatic hydroxyl groups is 1. The molecule has 0 aliphatic carbocycles. The van der Waals surface area contributed by atoms with Crippen LogP contribution in [0.1, 0.15) is 44.1 Å². The molecule has 30 heavy (non-hydrogen) atoms. The number of methoxy groups -OCH3 is 1. The van der Waals surface area contributed by atoms with Crippen molar-refractivity contribution in [3.63, 3.8) is 0 Å². The molecule has 0 saturated carbocycles. The largest absolute Gasteiger partial charge is 0.503 e. The number of aromatic nitrogens is 1. The minimum atomic E-state index is -1.18. The molecule has 1 saturated heterocycles. The van der Waals surface area contributed by atoms with E-state index in [2.05, 4.69) is 4.98 Å². The van der Waals surface area contributed by atoms with Crippen molar-refractivity contribution in [2.24, 2.45) is 17.1 Å². The number of nitrogens with two attached hydrogens (primary N) is 1. The van der Waals surface area contributed by atoms with Crippen molar-refractivity contribution >= 4 is 23.8 Å². The van der Waals surface area contributed by atoms with Gasteiger partial charge in [-0.25, -0.2) is 4.98 Å². The minimum Gasteiger partial charge on any atom is -0.503 e. The van der Waals surface area contributed by atoms with E-state index in [0.717, 1.165) is 0 Å². The molecule has 0 spiro atoms. The zero-order chi connectivity index (χ0) is 23.1. The fourth-order valence-corrected chi connectivity index (χ4v) is 2.78. The summed E-state index contributed by atoms with van der Waals surface area (Å²) < 4.78 is 14.7. The molecule has 0 bridgehead atoms. The van der Waals surface area contributed by atoms with Gasteiger partial charge in [0.25, 0.3) is 5.91 Å². The second-order valence-corrected chi connectivity index (χ2v) is 7.08. The van der Waals surface area contributed by atoms with Gasteiger partial charge in [-0.1, -0.05) is 0 Å². The third-order valence-electron chi connectivity index (χ3n) is 4.66. The Morgan fingerprint density at radius 2 is 1.93 bits per heavy atom. The average molecular weight is 426 g/mol. The lowest BCUT2D eigenvalue weighted by Gasteiger charge is -2.33. The molecule has 4 N–H and O–H groups in total. The standard InChI is InChI=1S/C12H18O6.C7H8N2O3/c1-7-8(12(2,3)11(15)16)6-10(14)17-5-4-9(13)18-7;1-12-4-2-3-9-5(6(4)10)7(8)11/h7-8H,4-6H2,1-3H3,(H,15,16);2-3,10H,1H3,(H2,8,11). The number of esters is 2. The first-order valence-electron chi connectivity index (χ1n) is 9.02. The average Bonchev–Trinajstić information content (AvgIpc) is 2.71. The molecule has 166 valence electrons. The third-order valence-corrected chi connectivity index (χ3v) is 4.66. The van der Waals surface area contributed by atoms with Crippen molar-refractivity contribution in [2.75, 3.05) is 13.7 Å². The van der Waals surface area contributed by atoms with Gasteiger partial charge in [-0.3, -0.25) is 19.2 Å². The molecule has 1 amide bonds. The number of hydrogen-bond acceptors (Lipinski definition) is 9. The highest BCUT2D eigenvalue weighted by atomic mass is 16.6. The summed E-state index contributed by atoms with van der Waals surface area (Å²) in [7, 11) is 1.37. The number of amides is 1. The van der Waals surface area contributed by atoms with Crippen LogP contribution in [-0.4, -0.2) is 58.8 Å². The Morgan fingerprint density at radius 3 is 2.47 bits per heavy atom. The highest BCUT2D eigenvalue weighted by molar-refractivity contribution is 5.94. The molecular weight excluding hydrogens is 400 g/mol. The summed E-state index contributed by atoms with van der Waals surface area (Å²) in [5.41, 5.74) is 3.56. The van der Waals surface area contributed by atoms with E-state index in [-0.39, 0.29) is 36.6 Å². The first-order valence-corrected chi connectivity index (χ1v) is 9.02. The Labute approximate surface area is 173 Å². The van der Waals surface area contributed by atoms with E-state index >= 15 is 0 Å². The molecule has 1 aliphatic rings. The predicted octanol–water partition coefficient (Wildman–Crippen LogP) is 0.877. The number of carboxylic acid groups (broad SMARTS) is 1. The molecule has 0 aromatic carbocycles. The van der Waals surface area contributed by atoms with E-state index in [1.807, 2.05) is 0 Å². The van der Waals surface area contributed by atoms with E-state index < -0.39 is 41.3 Å². The van der Waals surface area contributed by atoms with Crippen LogP contribution in [-0.2, 0) is 23.9 Å². The van der Waals surface area contributed by atoms with Gasteiger partial charge in [0, 0.05) is 18.2 Å². The highest BCUT2D eigenvalue weighted by Gasteiger charge is 2.43. The zero-order valence-corrected chi connectivity index (χ0v) is 17.2. The van der Waals surface area contributed by atoms with Crippen molar-refractivity contribution in [1.82, 2.24) is 4.98 Å². The summed E-state index contributed by atoms with van der Waals surface area (Å²) in [5, 5.41) is 18.5. The Balaban J connectivity index is 0.000000325. The smallest absolute Gasteiger partial charge is 0.309 e. The second kappa shape index (κ2) is 10.4. The van der Waals surface area contributed by atoms with Crippen LogP contribution in [0.3, 0.4) is 0 Å². The number of pyridine rings is 1. The monoisotopic (exact) mass is 426 g/mol. The normalized spacial score (nSPS) is 19.6. The van der Waals surface area contributed by atoms with Crippen molar-refractivity contribution in [2.45, 2.75) is 39.7 Å². The number of hydrogen-bond donors (Lipinski definition) is 3. The van der Waals surface area contributed by atoms with E-state index in [4.69, 9.17) is 19.9 Å². The molecule has 11 heteroatoms. The molecule has 2 rings (SSSR count). The Kier molecular flexibility index (Phi) is 8.57.